The fraction of sp³-hybridized carbons (Fsp3) is 0.0345. The summed E-state index contributed by atoms with van der Waals surface area (Å²) in [4.78, 5) is 0. The van der Waals surface area contributed by atoms with Crippen LogP contribution in [0, 0.1) is 0 Å². The van der Waals surface area contributed by atoms with Crippen LogP contribution in [0.1, 0.15) is 0 Å². The molecule has 0 atom stereocenters. The third-order valence-electron chi connectivity index (χ3n) is 12.2. The Labute approximate surface area is 349 Å². The molecule has 0 aliphatic heterocycles. The number of fused-ring (bicyclic) bond motifs is 6. The molecule has 0 fully saturated rings. The van der Waals surface area contributed by atoms with Gasteiger partial charge >= 0.3 is 0 Å². The lowest BCUT2D eigenvalue weighted by molar-refractivity contribution is 0.415. The van der Waals surface area contributed by atoms with E-state index in [-0.39, 0.29) is 0 Å². The molecule has 0 aliphatic rings. The molecule has 11 aromatic rings. The third-order valence-corrected chi connectivity index (χ3v) is 12.2. The Morgan fingerprint density at radius 2 is 0.700 bits per heavy atom. The fourth-order valence-corrected chi connectivity index (χ4v) is 9.45. The van der Waals surface area contributed by atoms with Crippen LogP contribution in [0.5, 0.6) is 11.5 Å². The van der Waals surface area contributed by atoms with Crippen molar-refractivity contribution in [3.05, 3.63) is 206 Å². The van der Waals surface area contributed by atoms with Gasteiger partial charge in [0.05, 0.1) is 14.2 Å². The topological polar surface area (TPSA) is 18.5 Å². The first-order valence-corrected chi connectivity index (χ1v) is 20.5. The van der Waals surface area contributed by atoms with E-state index in [0.29, 0.717) is 0 Å². The van der Waals surface area contributed by atoms with E-state index in [4.69, 9.17) is 9.47 Å². The maximum Gasteiger partial charge on any atom is 0.119 e. The van der Waals surface area contributed by atoms with Gasteiger partial charge in [-0.3, -0.25) is 0 Å². The summed E-state index contributed by atoms with van der Waals surface area (Å²) in [6.07, 6.45) is 0. The lowest BCUT2D eigenvalue weighted by Gasteiger charge is -2.23. The van der Waals surface area contributed by atoms with Crippen molar-refractivity contribution in [3.8, 4) is 67.1 Å². The SMILES string of the molecule is COc1cccc(-c2c3ccc(-c4ccccc4)cc3c(-c3cccc(OC)c3)c3cc4c(cc23)c(-c2ccccc2)c(-c2ccc3ccccc3c2)c2ccccc24)c1. The van der Waals surface area contributed by atoms with Crippen molar-refractivity contribution in [1.29, 1.82) is 0 Å². The Bertz CT molecular complexity index is 3440. The number of methoxy groups -OCH3 is 2. The summed E-state index contributed by atoms with van der Waals surface area (Å²) >= 11 is 0. The molecule has 2 heteroatoms. The lowest BCUT2D eigenvalue weighted by Crippen LogP contribution is -1.96. The van der Waals surface area contributed by atoms with Crippen molar-refractivity contribution >= 4 is 53.9 Å². The molecule has 0 amide bonds. The summed E-state index contributed by atoms with van der Waals surface area (Å²) in [7, 11) is 3.49. The van der Waals surface area contributed by atoms with Gasteiger partial charge in [-0.2, -0.15) is 0 Å². The molecule has 0 spiro atoms. The standard InChI is InChI=1S/C58H40O2/c1-59-45-23-13-21-42(32-45)55-49-30-29-41(37-15-5-3-6-16-37)34-51(49)56(43-22-14-24-46(33-43)60-2)53-35-50-47-25-11-12-26-48(47)58(44-28-27-38-17-9-10-20-40(38)31-44)57(52(50)36-54(53)55)39-18-7-4-8-19-39/h3-36H,1-2H3. The van der Waals surface area contributed by atoms with E-state index >= 15 is 0 Å². The zero-order chi connectivity index (χ0) is 40.2. The molecule has 0 saturated heterocycles. The third kappa shape index (κ3) is 5.88. The Balaban J connectivity index is 1.37. The smallest absolute Gasteiger partial charge is 0.119 e. The lowest BCUT2D eigenvalue weighted by atomic mass is 9.80. The van der Waals surface area contributed by atoms with E-state index in [2.05, 4.69) is 194 Å². The van der Waals surface area contributed by atoms with Gasteiger partial charge in [0.25, 0.3) is 0 Å². The molecule has 0 N–H and O–H groups in total. The quantitative estimate of drug-likeness (QED) is 0.119. The van der Waals surface area contributed by atoms with Crippen LogP contribution in [0.3, 0.4) is 0 Å². The Morgan fingerprint density at radius 3 is 1.38 bits per heavy atom. The average molecular weight is 769 g/mol. The van der Waals surface area contributed by atoms with Crippen LogP contribution in [-0.2, 0) is 0 Å². The predicted molar refractivity (Wildman–Crippen MR) is 254 cm³/mol. The summed E-state index contributed by atoms with van der Waals surface area (Å²) in [6.45, 7) is 0. The molecule has 60 heavy (non-hydrogen) atoms. The van der Waals surface area contributed by atoms with Gasteiger partial charge in [-0.1, -0.05) is 158 Å². The fourth-order valence-electron chi connectivity index (χ4n) is 9.45. The molecule has 11 aromatic carbocycles. The molecule has 0 saturated carbocycles. The molecule has 284 valence electrons. The molecule has 0 bridgehead atoms. The Morgan fingerprint density at radius 1 is 0.233 bits per heavy atom. The molecule has 0 radical (unpaired) electrons. The van der Waals surface area contributed by atoms with Crippen LogP contribution in [0.25, 0.3) is 109 Å². The maximum absolute atomic E-state index is 5.87. The van der Waals surface area contributed by atoms with Gasteiger partial charge in [-0.05, 0) is 158 Å². The van der Waals surface area contributed by atoms with Gasteiger partial charge in [0, 0.05) is 0 Å². The first-order valence-electron chi connectivity index (χ1n) is 20.5. The second-order valence-electron chi connectivity index (χ2n) is 15.5. The highest BCUT2D eigenvalue weighted by Gasteiger charge is 2.23. The van der Waals surface area contributed by atoms with Crippen LogP contribution in [0.2, 0.25) is 0 Å². The number of hydrogen-bond donors (Lipinski definition) is 0. The van der Waals surface area contributed by atoms with Gasteiger partial charge in [0.15, 0.2) is 0 Å². The first-order chi connectivity index (χ1) is 29.7. The van der Waals surface area contributed by atoms with Crippen molar-refractivity contribution in [2.45, 2.75) is 0 Å². The molecular weight excluding hydrogens is 729 g/mol. The van der Waals surface area contributed by atoms with Crippen LogP contribution in [0.15, 0.2) is 206 Å². The zero-order valence-corrected chi connectivity index (χ0v) is 33.4. The zero-order valence-electron chi connectivity index (χ0n) is 33.4. The van der Waals surface area contributed by atoms with E-state index in [0.717, 1.165) is 22.6 Å². The highest BCUT2D eigenvalue weighted by Crippen LogP contribution is 2.51. The minimum Gasteiger partial charge on any atom is -0.497 e. The van der Waals surface area contributed by atoms with Crippen LogP contribution in [-0.4, -0.2) is 14.2 Å². The highest BCUT2D eigenvalue weighted by atomic mass is 16.5. The van der Waals surface area contributed by atoms with Gasteiger partial charge < -0.3 is 9.47 Å². The van der Waals surface area contributed by atoms with E-state index in [1.165, 1.54) is 98.4 Å². The van der Waals surface area contributed by atoms with Gasteiger partial charge in [0.1, 0.15) is 11.5 Å². The second-order valence-corrected chi connectivity index (χ2v) is 15.5. The summed E-state index contributed by atoms with van der Waals surface area (Å²) in [5.41, 5.74) is 11.7. The predicted octanol–water partition coefficient (Wildman–Crippen LogP) is 15.8. The van der Waals surface area contributed by atoms with E-state index in [1.54, 1.807) is 14.2 Å². The number of hydrogen-bond acceptors (Lipinski definition) is 2. The van der Waals surface area contributed by atoms with Crippen molar-refractivity contribution < 1.29 is 9.47 Å². The molecule has 0 unspecified atom stereocenters. The average Bonchev–Trinajstić information content (AvgIpc) is 3.32. The van der Waals surface area contributed by atoms with Crippen LogP contribution in [0.4, 0.5) is 0 Å². The van der Waals surface area contributed by atoms with Gasteiger partial charge in [0.2, 0.25) is 0 Å². The molecular formula is C58H40O2. The normalized spacial score (nSPS) is 11.5. The Hall–Kier alpha value is -7.68. The molecule has 0 heterocycles. The van der Waals surface area contributed by atoms with Gasteiger partial charge in [-0.25, -0.2) is 0 Å². The first kappa shape index (κ1) is 35.5. The Kier molecular flexibility index (Phi) is 8.64. The van der Waals surface area contributed by atoms with Crippen molar-refractivity contribution in [3.63, 3.8) is 0 Å². The van der Waals surface area contributed by atoms with Crippen molar-refractivity contribution in [2.75, 3.05) is 14.2 Å². The molecule has 2 nitrogen and oxygen atoms in total. The highest BCUT2D eigenvalue weighted by molar-refractivity contribution is 6.29. The van der Waals surface area contributed by atoms with Crippen LogP contribution < -0.4 is 9.47 Å². The largest absolute Gasteiger partial charge is 0.497 e. The number of benzene rings is 11. The minimum absolute atomic E-state index is 0.821. The van der Waals surface area contributed by atoms with Gasteiger partial charge in [-0.15, -0.1) is 0 Å². The minimum atomic E-state index is 0.821. The monoisotopic (exact) mass is 768 g/mol. The molecule has 0 aliphatic carbocycles. The van der Waals surface area contributed by atoms with E-state index < -0.39 is 0 Å². The van der Waals surface area contributed by atoms with Crippen molar-refractivity contribution in [1.82, 2.24) is 0 Å². The molecule has 11 rings (SSSR count). The number of rotatable bonds is 7. The van der Waals surface area contributed by atoms with Crippen molar-refractivity contribution in [2.24, 2.45) is 0 Å². The summed E-state index contributed by atoms with van der Waals surface area (Å²) in [5.74, 6) is 1.64. The molecule has 0 aromatic heterocycles. The summed E-state index contributed by atoms with van der Waals surface area (Å²) in [5, 5.41) is 12.0. The summed E-state index contributed by atoms with van der Waals surface area (Å²) < 4.78 is 11.7. The second kappa shape index (κ2) is 14.6. The summed E-state index contributed by atoms with van der Waals surface area (Å²) in [6, 6.07) is 75.1. The maximum atomic E-state index is 5.87. The van der Waals surface area contributed by atoms with E-state index in [1.807, 2.05) is 12.1 Å². The number of ether oxygens (including phenoxy) is 2. The van der Waals surface area contributed by atoms with E-state index in [9.17, 15) is 0 Å². The van der Waals surface area contributed by atoms with Crippen LogP contribution >= 0.6 is 0 Å².